The lowest BCUT2D eigenvalue weighted by atomic mass is 10.1. The summed E-state index contributed by atoms with van der Waals surface area (Å²) in [6.45, 7) is 0. The second-order valence-corrected chi connectivity index (χ2v) is 6.37. The van der Waals surface area contributed by atoms with Crippen molar-refractivity contribution in [2.24, 2.45) is 5.10 Å². The summed E-state index contributed by atoms with van der Waals surface area (Å²) >= 11 is 0. The number of anilines is 2. The normalized spacial score (nSPS) is 10.4. The van der Waals surface area contributed by atoms with Crippen LogP contribution in [0.15, 0.2) is 84.0 Å². The standard InChI is InChI=1S/C22H17N5O5/c28-20(24-16-8-2-1-3-9-16)18-11-4-5-12-19(18)25-21(29)22(30)26-23-14-15-7-6-10-17(13-15)27(31)32/h1-14H,(H,24,28)(H,25,29)(H,26,30)/b23-14-. The molecule has 32 heavy (non-hydrogen) atoms. The average Bonchev–Trinajstić information content (AvgIpc) is 2.80. The number of hydrogen-bond acceptors (Lipinski definition) is 6. The number of hydrazone groups is 1. The number of rotatable bonds is 6. The molecule has 0 aliphatic heterocycles. The van der Waals surface area contributed by atoms with Crippen LogP contribution in [-0.2, 0) is 9.59 Å². The van der Waals surface area contributed by atoms with Gasteiger partial charge in [0.1, 0.15) is 0 Å². The highest BCUT2D eigenvalue weighted by Gasteiger charge is 2.17. The number of para-hydroxylation sites is 2. The summed E-state index contributed by atoms with van der Waals surface area (Å²) in [7, 11) is 0. The van der Waals surface area contributed by atoms with Crippen LogP contribution in [-0.4, -0.2) is 28.9 Å². The summed E-state index contributed by atoms with van der Waals surface area (Å²) in [5, 5.41) is 19.5. The minimum absolute atomic E-state index is 0.136. The van der Waals surface area contributed by atoms with Crippen molar-refractivity contribution in [3.63, 3.8) is 0 Å². The molecule has 0 radical (unpaired) electrons. The van der Waals surface area contributed by atoms with Crippen molar-refractivity contribution >= 4 is 41.0 Å². The molecule has 10 nitrogen and oxygen atoms in total. The van der Waals surface area contributed by atoms with Gasteiger partial charge in [0, 0.05) is 23.4 Å². The molecule has 3 rings (SSSR count). The maximum absolute atomic E-state index is 12.6. The second-order valence-electron chi connectivity index (χ2n) is 6.37. The van der Waals surface area contributed by atoms with E-state index in [1.54, 1.807) is 42.5 Å². The zero-order valence-electron chi connectivity index (χ0n) is 16.5. The molecule has 3 aromatic rings. The maximum atomic E-state index is 12.6. The van der Waals surface area contributed by atoms with Gasteiger partial charge in [-0.15, -0.1) is 0 Å². The van der Waals surface area contributed by atoms with Crippen molar-refractivity contribution in [1.82, 2.24) is 5.43 Å². The van der Waals surface area contributed by atoms with Crippen LogP contribution >= 0.6 is 0 Å². The van der Waals surface area contributed by atoms with Gasteiger partial charge < -0.3 is 10.6 Å². The van der Waals surface area contributed by atoms with E-state index >= 15 is 0 Å². The van der Waals surface area contributed by atoms with Crippen molar-refractivity contribution < 1.29 is 19.3 Å². The van der Waals surface area contributed by atoms with Crippen LogP contribution in [0.4, 0.5) is 17.1 Å². The van der Waals surface area contributed by atoms with Crippen LogP contribution in [0.2, 0.25) is 0 Å². The molecule has 0 aliphatic carbocycles. The number of benzene rings is 3. The Bertz CT molecular complexity index is 1190. The molecule has 0 aliphatic rings. The minimum Gasteiger partial charge on any atom is -0.322 e. The molecule has 3 N–H and O–H groups in total. The molecule has 0 spiro atoms. The molecule has 0 saturated carbocycles. The Hall–Kier alpha value is -4.86. The number of carbonyl (C=O) groups is 3. The summed E-state index contributed by atoms with van der Waals surface area (Å²) in [6.07, 6.45) is 1.17. The number of non-ortho nitro benzene ring substituents is 1. The predicted molar refractivity (Wildman–Crippen MR) is 118 cm³/mol. The first-order chi connectivity index (χ1) is 15.4. The zero-order valence-corrected chi connectivity index (χ0v) is 16.5. The predicted octanol–water partition coefficient (Wildman–Crippen LogP) is 2.94. The van der Waals surface area contributed by atoms with E-state index in [4.69, 9.17) is 0 Å². The van der Waals surface area contributed by atoms with Crippen molar-refractivity contribution in [3.8, 4) is 0 Å². The van der Waals surface area contributed by atoms with Crippen LogP contribution in [0.5, 0.6) is 0 Å². The van der Waals surface area contributed by atoms with E-state index in [2.05, 4.69) is 15.7 Å². The van der Waals surface area contributed by atoms with E-state index < -0.39 is 22.6 Å². The SMILES string of the molecule is O=C(N/N=C\c1cccc([N+](=O)[O-])c1)C(=O)Nc1ccccc1C(=O)Nc1ccccc1. The second kappa shape index (κ2) is 10.3. The first kappa shape index (κ1) is 21.8. The number of carbonyl (C=O) groups excluding carboxylic acids is 3. The van der Waals surface area contributed by atoms with Gasteiger partial charge in [0.2, 0.25) is 0 Å². The highest BCUT2D eigenvalue weighted by atomic mass is 16.6. The fourth-order valence-corrected chi connectivity index (χ4v) is 2.62. The van der Waals surface area contributed by atoms with Crippen molar-refractivity contribution in [3.05, 3.63) is 100 Å². The van der Waals surface area contributed by atoms with Crippen molar-refractivity contribution in [2.45, 2.75) is 0 Å². The number of amides is 3. The largest absolute Gasteiger partial charge is 0.329 e. The Morgan fingerprint density at radius 3 is 2.31 bits per heavy atom. The summed E-state index contributed by atoms with van der Waals surface area (Å²) in [5.74, 6) is -2.58. The molecule has 0 unspecified atom stereocenters. The fraction of sp³-hybridized carbons (Fsp3) is 0. The van der Waals surface area contributed by atoms with Gasteiger partial charge in [0.05, 0.1) is 22.4 Å². The van der Waals surface area contributed by atoms with Gasteiger partial charge in [-0.25, -0.2) is 5.43 Å². The Kier molecular flexibility index (Phi) is 7.00. The number of nitro groups is 1. The topological polar surface area (TPSA) is 143 Å². The van der Waals surface area contributed by atoms with Gasteiger partial charge in [-0.2, -0.15) is 5.10 Å². The third-order valence-electron chi connectivity index (χ3n) is 4.12. The van der Waals surface area contributed by atoms with Gasteiger partial charge in [0.25, 0.3) is 11.6 Å². The highest BCUT2D eigenvalue weighted by molar-refractivity contribution is 6.40. The monoisotopic (exact) mass is 431 g/mol. The van der Waals surface area contributed by atoms with Crippen LogP contribution in [0.1, 0.15) is 15.9 Å². The minimum atomic E-state index is -1.08. The molecule has 0 atom stereocenters. The van der Waals surface area contributed by atoms with E-state index in [1.807, 2.05) is 11.5 Å². The summed E-state index contributed by atoms with van der Waals surface area (Å²) < 4.78 is 0. The van der Waals surface area contributed by atoms with Gasteiger partial charge in [-0.3, -0.25) is 24.5 Å². The molecular weight excluding hydrogens is 414 g/mol. The molecule has 10 heteroatoms. The molecular formula is C22H17N5O5. The van der Waals surface area contributed by atoms with Crippen LogP contribution < -0.4 is 16.1 Å². The number of hydrogen-bond donors (Lipinski definition) is 3. The fourth-order valence-electron chi connectivity index (χ4n) is 2.62. The van der Waals surface area contributed by atoms with Gasteiger partial charge >= 0.3 is 11.8 Å². The smallest absolute Gasteiger partial charge is 0.322 e. The van der Waals surface area contributed by atoms with Gasteiger partial charge in [0.15, 0.2) is 0 Å². The van der Waals surface area contributed by atoms with E-state index in [1.165, 1.54) is 36.5 Å². The number of nitrogens with zero attached hydrogens (tertiary/aromatic N) is 2. The Morgan fingerprint density at radius 2 is 1.56 bits per heavy atom. The molecule has 0 heterocycles. The van der Waals surface area contributed by atoms with Gasteiger partial charge in [-0.1, -0.05) is 42.5 Å². The molecule has 0 fully saturated rings. The van der Waals surface area contributed by atoms with Crippen LogP contribution in [0, 0.1) is 10.1 Å². The summed E-state index contributed by atoms with van der Waals surface area (Å²) in [5.41, 5.74) is 3.15. The molecule has 0 bridgehead atoms. The number of nitro benzene ring substituents is 1. The first-order valence-electron chi connectivity index (χ1n) is 9.28. The Labute approximate surface area is 182 Å². The average molecular weight is 431 g/mol. The first-order valence-corrected chi connectivity index (χ1v) is 9.28. The Morgan fingerprint density at radius 1 is 0.844 bits per heavy atom. The van der Waals surface area contributed by atoms with E-state index in [9.17, 15) is 24.5 Å². The highest BCUT2D eigenvalue weighted by Crippen LogP contribution is 2.17. The lowest BCUT2D eigenvalue weighted by Gasteiger charge is -2.11. The Balaban J connectivity index is 1.63. The van der Waals surface area contributed by atoms with Crippen molar-refractivity contribution in [2.75, 3.05) is 10.6 Å². The van der Waals surface area contributed by atoms with E-state index in [0.29, 0.717) is 11.3 Å². The third-order valence-corrected chi connectivity index (χ3v) is 4.12. The van der Waals surface area contributed by atoms with Crippen LogP contribution in [0.3, 0.4) is 0 Å². The third kappa shape index (κ3) is 5.83. The van der Waals surface area contributed by atoms with E-state index in [0.717, 1.165) is 0 Å². The van der Waals surface area contributed by atoms with E-state index in [-0.39, 0.29) is 16.9 Å². The molecule has 3 amide bonds. The maximum Gasteiger partial charge on any atom is 0.329 e. The molecule has 0 aromatic heterocycles. The zero-order chi connectivity index (χ0) is 22.9. The molecule has 160 valence electrons. The lowest BCUT2D eigenvalue weighted by molar-refractivity contribution is -0.384. The quantitative estimate of drug-likeness (QED) is 0.238. The van der Waals surface area contributed by atoms with Crippen molar-refractivity contribution in [1.29, 1.82) is 0 Å². The molecule has 3 aromatic carbocycles. The number of nitrogens with one attached hydrogen (secondary N) is 3. The lowest BCUT2D eigenvalue weighted by Crippen LogP contribution is -2.33. The molecule has 0 saturated heterocycles. The van der Waals surface area contributed by atoms with Crippen LogP contribution in [0.25, 0.3) is 0 Å². The van der Waals surface area contributed by atoms with Gasteiger partial charge in [-0.05, 0) is 24.3 Å². The summed E-state index contributed by atoms with van der Waals surface area (Å²) in [6, 6.07) is 20.6. The summed E-state index contributed by atoms with van der Waals surface area (Å²) in [4.78, 5) is 47.0.